The highest BCUT2D eigenvalue weighted by molar-refractivity contribution is 6.04. The molecule has 2 heterocycles. The quantitative estimate of drug-likeness (QED) is 0.753. The van der Waals surface area contributed by atoms with E-state index in [1.54, 1.807) is 13.3 Å². The summed E-state index contributed by atoms with van der Waals surface area (Å²) in [4.78, 5) is 9.20. The number of aliphatic imine (C=N–C) groups is 1. The fourth-order valence-electron chi connectivity index (χ4n) is 3.07. The van der Waals surface area contributed by atoms with Crippen molar-refractivity contribution >= 4 is 17.1 Å². The molecular weight excluding hydrogens is 310 g/mol. The van der Waals surface area contributed by atoms with Gasteiger partial charge in [0.25, 0.3) is 0 Å². The summed E-state index contributed by atoms with van der Waals surface area (Å²) in [5.74, 6) is 0.848. The highest BCUT2D eigenvalue weighted by Gasteiger charge is 2.21. The molecular formula is C21H19N3O. The molecule has 3 aromatic rings. The van der Waals surface area contributed by atoms with Gasteiger partial charge in [0.1, 0.15) is 5.75 Å². The standard InChI is InChI=1S/C21H19N3O/c1-25-17-10-8-15(9-11-17)20-13-21(16-5-4-12-22-14-16)24-19-7-3-2-6-18(19)23-20/h2-12,14,21,24H,13H2,1H3. The lowest BCUT2D eigenvalue weighted by Crippen LogP contribution is -2.14. The van der Waals surface area contributed by atoms with Crippen LogP contribution in [0.25, 0.3) is 0 Å². The summed E-state index contributed by atoms with van der Waals surface area (Å²) in [6.45, 7) is 0. The smallest absolute Gasteiger partial charge is 0.118 e. The zero-order valence-electron chi connectivity index (χ0n) is 14.0. The SMILES string of the molecule is COc1ccc(C2=Nc3ccccc3NC(c3cccnc3)C2)cc1. The van der Waals surface area contributed by atoms with Gasteiger partial charge in [-0.15, -0.1) is 0 Å². The minimum Gasteiger partial charge on any atom is -0.497 e. The zero-order chi connectivity index (χ0) is 17.1. The average molecular weight is 329 g/mol. The molecule has 0 saturated carbocycles. The molecule has 0 aliphatic carbocycles. The summed E-state index contributed by atoms with van der Waals surface area (Å²) < 4.78 is 5.27. The number of pyridine rings is 1. The molecule has 0 amide bonds. The van der Waals surface area contributed by atoms with E-state index >= 15 is 0 Å². The Bertz CT molecular complexity index is 889. The number of ether oxygens (including phenoxy) is 1. The van der Waals surface area contributed by atoms with Crippen LogP contribution in [0.5, 0.6) is 5.75 Å². The second kappa shape index (κ2) is 6.77. The predicted molar refractivity (Wildman–Crippen MR) is 101 cm³/mol. The van der Waals surface area contributed by atoms with Gasteiger partial charge in [-0.3, -0.25) is 9.98 Å². The lowest BCUT2D eigenvalue weighted by atomic mass is 9.98. The average Bonchev–Trinajstić information content (AvgIpc) is 2.88. The first-order valence-corrected chi connectivity index (χ1v) is 8.31. The number of benzene rings is 2. The van der Waals surface area contributed by atoms with Crippen molar-refractivity contribution in [2.24, 2.45) is 4.99 Å². The minimum absolute atomic E-state index is 0.123. The van der Waals surface area contributed by atoms with Gasteiger partial charge in [-0.1, -0.05) is 18.2 Å². The van der Waals surface area contributed by atoms with Crippen LogP contribution in [-0.2, 0) is 0 Å². The van der Waals surface area contributed by atoms with Crippen LogP contribution in [0.2, 0.25) is 0 Å². The van der Waals surface area contributed by atoms with Gasteiger partial charge in [-0.2, -0.15) is 0 Å². The molecule has 1 aliphatic heterocycles. The molecule has 1 unspecified atom stereocenters. The van der Waals surface area contributed by atoms with Gasteiger partial charge in [-0.25, -0.2) is 0 Å². The van der Waals surface area contributed by atoms with Gasteiger partial charge in [0.05, 0.1) is 30.2 Å². The monoisotopic (exact) mass is 329 g/mol. The van der Waals surface area contributed by atoms with Gasteiger partial charge in [0, 0.05) is 18.8 Å². The van der Waals surface area contributed by atoms with Crippen molar-refractivity contribution < 1.29 is 4.74 Å². The summed E-state index contributed by atoms with van der Waals surface area (Å²) in [5, 5.41) is 3.62. The molecule has 0 radical (unpaired) electrons. The third-order valence-corrected chi connectivity index (χ3v) is 4.40. The molecule has 4 nitrogen and oxygen atoms in total. The van der Waals surface area contributed by atoms with Crippen LogP contribution in [0.15, 0.2) is 78.0 Å². The Morgan fingerprint density at radius 3 is 2.60 bits per heavy atom. The molecule has 0 fully saturated rings. The lowest BCUT2D eigenvalue weighted by molar-refractivity contribution is 0.415. The molecule has 4 heteroatoms. The Morgan fingerprint density at radius 2 is 1.84 bits per heavy atom. The van der Waals surface area contributed by atoms with E-state index in [9.17, 15) is 0 Å². The molecule has 1 aromatic heterocycles. The van der Waals surface area contributed by atoms with Crippen molar-refractivity contribution in [3.05, 3.63) is 84.2 Å². The summed E-state index contributed by atoms with van der Waals surface area (Å²) in [6, 6.07) is 20.4. The van der Waals surface area contributed by atoms with Crippen molar-refractivity contribution in [1.82, 2.24) is 4.98 Å². The van der Waals surface area contributed by atoms with E-state index in [2.05, 4.69) is 34.6 Å². The highest BCUT2D eigenvalue weighted by Crippen LogP contribution is 2.35. The van der Waals surface area contributed by atoms with Crippen LogP contribution in [0.4, 0.5) is 11.4 Å². The third-order valence-electron chi connectivity index (χ3n) is 4.40. The molecule has 1 aliphatic rings. The number of anilines is 1. The van der Waals surface area contributed by atoms with Gasteiger partial charge in [0.15, 0.2) is 0 Å². The van der Waals surface area contributed by atoms with Crippen molar-refractivity contribution in [1.29, 1.82) is 0 Å². The van der Waals surface area contributed by atoms with E-state index in [-0.39, 0.29) is 6.04 Å². The second-order valence-electron chi connectivity index (χ2n) is 5.99. The van der Waals surface area contributed by atoms with E-state index in [0.29, 0.717) is 0 Å². The number of hydrogen-bond donors (Lipinski definition) is 1. The molecule has 1 atom stereocenters. The molecule has 25 heavy (non-hydrogen) atoms. The van der Waals surface area contributed by atoms with Gasteiger partial charge < -0.3 is 10.1 Å². The summed E-state index contributed by atoms with van der Waals surface area (Å²) in [6.07, 6.45) is 4.50. The normalized spacial score (nSPS) is 16.2. The number of nitrogens with zero attached hydrogens (tertiary/aromatic N) is 2. The Kier molecular flexibility index (Phi) is 4.17. The second-order valence-corrected chi connectivity index (χ2v) is 5.99. The van der Waals surface area contributed by atoms with Crippen LogP contribution in [0.1, 0.15) is 23.6 Å². The first kappa shape index (κ1) is 15.4. The number of fused-ring (bicyclic) bond motifs is 1. The van der Waals surface area contributed by atoms with E-state index in [1.807, 2.05) is 42.6 Å². The molecule has 0 bridgehead atoms. The minimum atomic E-state index is 0.123. The maximum Gasteiger partial charge on any atom is 0.118 e. The zero-order valence-corrected chi connectivity index (χ0v) is 14.0. The number of aromatic nitrogens is 1. The van der Waals surface area contributed by atoms with Crippen LogP contribution in [0, 0.1) is 0 Å². The first-order valence-electron chi connectivity index (χ1n) is 8.31. The van der Waals surface area contributed by atoms with Crippen molar-refractivity contribution in [3.63, 3.8) is 0 Å². The third kappa shape index (κ3) is 3.24. The van der Waals surface area contributed by atoms with Crippen molar-refractivity contribution in [2.75, 3.05) is 12.4 Å². The van der Waals surface area contributed by atoms with E-state index in [0.717, 1.165) is 40.4 Å². The number of para-hydroxylation sites is 2. The fourth-order valence-corrected chi connectivity index (χ4v) is 3.07. The Hall–Kier alpha value is -3.14. The van der Waals surface area contributed by atoms with E-state index in [4.69, 9.17) is 9.73 Å². The Labute approximate surface area is 147 Å². The van der Waals surface area contributed by atoms with Crippen LogP contribution < -0.4 is 10.1 Å². The van der Waals surface area contributed by atoms with Crippen LogP contribution >= 0.6 is 0 Å². The number of nitrogens with one attached hydrogen (secondary N) is 1. The van der Waals surface area contributed by atoms with Crippen LogP contribution in [0.3, 0.4) is 0 Å². The number of rotatable bonds is 3. The van der Waals surface area contributed by atoms with Gasteiger partial charge in [-0.05, 0) is 53.6 Å². The topological polar surface area (TPSA) is 46.5 Å². The number of hydrogen-bond acceptors (Lipinski definition) is 4. The maximum atomic E-state index is 5.27. The number of methoxy groups -OCH3 is 1. The Morgan fingerprint density at radius 1 is 1.00 bits per heavy atom. The maximum absolute atomic E-state index is 5.27. The molecule has 2 aromatic carbocycles. The summed E-state index contributed by atoms with van der Waals surface area (Å²) in [7, 11) is 1.68. The summed E-state index contributed by atoms with van der Waals surface area (Å²) in [5.41, 5.74) is 5.31. The molecule has 4 rings (SSSR count). The summed E-state index contributed by atoms with van der Waals surface area (Å²) >= 11 is 0. The van der Waals surface area contributed by atoms with Crippen molar-refractivity contribution in [3.8, 4) is 5.75 Å². The highest BCUT2D eigenvalue weighted by atomic mass is 16.5. The fraction of sp³-hybridized carbons (Fsp3) is 0.143. The lowest BCUT2D eigenvalue weighted by Gasteiger charge is -2.19. The van der Waals surface area contributed by atoms with Crippen molar-refractivity contribution in [2.45, 2.75) is 12.5 Å². The molecule has 1 N–H and O–H groups in total. The van der Waals surface area contributed by atoms with Crippen LogP contribution in [-0.4, -0.2) is 17.8 Å². The Balaban J connectivity index is 1.77. The van der Waals surface area contributed by atoms with Gasteiger partial charge >= 0.3 is 0 Å². The van der Waals surface area contributed by atoms with E-state index in [1.165, 1.54) is 0 Å². The van der Waals surface area contributed by atoms with Gasteiger partial charge in [0.2, 0.25) is 0 Å². The molecule has 124 valence electrons. The van der Waals surface area contributed by atoms with E-state index < -0.39 is 0 Å². The largest absolute Gasteiger partial charge is 0.497 e. The first-order chi connectivity index (χ1) is 12.3. The molecule has 0 spiro atoms. The molecule has 0 saturated heterocycles. The predicted octanol–water partition coefficient (Wildman–Crippen LogP) is 4.77.